The molecule has 0 bridgehead atoms. The van der Waals surface area contributed by atoms with Gasteiger partial charge < -0.3 is 20.3 Å². The van der Waals surface area contributed by atoms with Crippen LogP contribution in [0.3, 0.4) is 0 Å². The summed E-state index contributed by atoms with van der Waals surface area (Å²) in [6.07, 6.45) is 67.1. The number of carbonyl (C=O) groups excluding carboxylic acids is 2. The molecule has 66 heavy (non-hydrogen) atoms. The van der Waals surface area contributed by atoms with E-state index in [1.54, 1.807) is 0 Å². The molecule has 0 aliphatic carbocycles. The maximum atomic E-state index is 13.2. The van der Waals surface area contributed by atoms with Gasteiger partial charge in [0, 0.05) is 6.42 Å². The normalized spacial score (nSPS) is 13.6. The molecule has 0 saturated heterocycles. The van der Waals surface area contributed by atoms with Crippen LogP contribution in [-0.2, 0) is 14.3 Å². The van der Waals surface area contributed by atoms with Crippen molar-refractivity contribution in [3.05, 3.63) is 60.8 Å². The van der Waals surface area contributed by atoms with E-state index in [4.69, 9.17) is 4.74 Å². The standard InChI is InChI=1S/C60H109NO5/c1-4-7-10-13-16-19-22-25-28-30-32-35-38-41-44-47-50-53-60(65)66-56(51-48-45-42-39-36-33-27-24-21-18-15-12-9-6-3)54-59(64)61-57(55-62)58(63)52-49-46-43-40-37-34-31-29-26-23-20-17-14-11-8-5-2/h16,19,25,28,32-33,35-36,39,42,56-58,62-63H,4-15,17-18,20-24,26-27,29-31,34,37-38,40-41,43-55H2,1-3H3,(H,61,64)/b19-16-,28-25-,35-32-,36-33+,42-39+. The van der Waals surface area contributed by atoms with Gasteiger partial charge in [-0.15, -0.1) is 0 Å². The Labute approximate surface area is 409 Å². The molecule has 0 aromatic carbocycles. The van der Waals surface area contributed by atoms with Gasteiger partial charge in [-0.1, -0.05) is 248 Å². The molecule has 0 aromatic rings. The van der Waals surface area contributed by atoms with Crippen LogP contribution in [0.25, 0.3) is 0 Å². The largest absolute Gasteiger partial charge is 0.462 e. The van der Waals surface area contributed by atoms with Gasteiger partial charge in [0.05, 0.1) is 25.2 Å². The van der Waals surface area contributed by atoms with Crippen LogP contribution in [0.4, 0.5) is 0 Å². The molecule has 0 heterocycles. The van der Waals surface area contributed by atoms with Crippen LogP contribution in [0.15, 0.2) is 60.8 Å². The van der Waals surface area contributed by atoms with E-state index in [-0.39, 0.29) is 24.9 Å². The Bertz CT molecular complexity index is 1170. The average Bonchev–Trinajstić information content (AvgIpc) is 3.31. The Morgan fingerprint density at radius 3 is 1.32 bits per heavy atom. The van der Waals surface area contributed by atoms with Gasteiger partial charge in [0.15, 0.2) is 0 Å². The number of rotatable bonds is 51. The quantitative estimate of drug-likeness (QED) is 0.0244. The molecular formula is C60H109NO5. The minimum Gasteiger partial charge on any atom is -0.462 e. The van der Waals surface area contributed by atoms with Crippen molar-refractivity contribution in [2.45, 2.75) is 302 Å². The molecule has 6 heteroatoms. The van der Waals surface area contributed by atoms with Gasteiger partial charge >= 0.3 is 5.97 Å². The maximum Gasteiger partial charge on any atom is 0.306 e. The lowest BCUT2D eigenvalue weighted by Gasteiger charge is -2.24. The van der Waals surface area contributed by atoms with Crippen molar-refractivity contribution in [2.24, 2.45) is 0 Å². The summed E-state index contributed by atoms with van der Waals surface area (Å²) in [6.45, 7) is 6.45. The molecule has 0 radical (unpaired) electrons. The van der Waals surface area contributed by atoms with Crippen LogP contribution in [0.1, 0.15) is 284 Å². The van der Waals surface area contributed by atoms with Crippen LogP contribution in [0.5, 0.6) is 0 Å². The van der Waals surface area contributed by atoms with Gasteiger partial charge in [-0.25, -0.2) is 0 Å². The molecule has 0 saturated carbocycles. The topological polar surface area (TPSA) is 95.9 Å². The fourth-order valence-electron chi connectivity index (χ4n) is 8.49. The number of amides is 1. The van der Waals surface area contributed by atoms with Crippen LogP contribution >= 0.6 is 0 Å². The highest BCUT2D eigenvalue weighted by Gasteiger charge is 2.24. The number of aliphatic hydroxyl groups excluding tert-OH is 2. The fraction of sp³-hybridized carbons (Fsp3) is 0.800. The molecule has 6 nitrogen and oxygen atoms in total. The summed E-state index contributed by atoms with van der Waals surface area (Å²) >= 11 is 0. The number of allylic oxidation sites excluding steroid dienone is 10. The van der Waals surface area contributed by atoms with E-state index in [1.807, 2.05) is 0 Å². The summed E-state index contributed by atoms with van der Waals surface area (Å²) in [5.74, 6) is -0.540. The van der Waals surface area contributed by atoms with Crippen molar-refractivity contribution in [2.75, 3.05) is 6.61 Å². The van der Waals surface area contributed by atoms with E-state index in [9.17, 15) is 19.8 Å². The minimum absolute atomic E-state index is 0.0351. The number of carbonyl (C=O) groups is 2. The highest BCUT2D eigenvalue weighted by molar-refractivity contribution is 5.77. The van der Waals surface area contributed by atoms with E-state index in [0.29, 0.717) is 19.3 Å². The number of aliphatic hydroxyl groups is 2. The number of hydrogen-bond acceptors (Lipinski definition) is 5. The van der Waals surface area contributed by atoms with E-state index in [1.165, 1.54) is 154 Å². The number of esters is 1. The summed E-state index contributed by atoms with van der Waals surface area (Å²) in [5.41, 5.74) is 0. The fourth-order valence-corrected chi connectivity index (χ4v) is 8.49. The average molecular weight is 925 g/mol. The smallest absolute Gasteiger partial charge is 0.306 e. The first-order valence-corrected chi connectivity index (χ1v) is 28.5. The van der Waals surface area contributed by atoms with Crippen molar-refractivity contribution in [3.63, 3.8) is 0 Å². The van der Waals surface area contributed by atoms with Crippen LogP contribution < -0.4 is 5.32 Å². The second-order valence-corrected chi connectivity index (χ2v) is 19.4. The molecule has 0 spiro atoms. The predicted octanol–water partition coefficient (Wildman–Crippen LogP) is 17.6. The van der Waals surface area contributed by atoms with Crippen LogP contribution in [0.2, 0.25) is 0 Å². The molecule has 0 rings (SSSR count). The molecule has 0 fully saturated rings. The Hall–Kier alpha value is -2.44. The van der Waals surface area contributed by atoms with E-state index in [0.717, 1.165) is 83.5 Å². The molecule has 0 aliphatic heterocycles. The molecule has 384 valence electrons. The lowest BCUT2D eigenvalue weighted by molar-refractivity contribution is -0.151. The predicted molar refractivity (Wildman–Crippen MR) is 287 cm³/mol. The molecule has 1 amide bonds. The van der Waals surface area contributed by atoms with Gasteiger partial charge in [-0.05, 0) is 83.5 Å². The Balaban J connectivity index is 4.63. The zero-order valence-electron chi connectivity index (χ0n) is 43.8. The lowest BCUT2D eigenvalue weighted by atomic mass is 10.0. The van der Waals surface area contributed by atoms with Crippen LogP contribution in [0, 0.1) is 0 Å². The Morgan fingerprint density at radius 1 is 0.455 bits per heavy atom. The van der Waals surface area contributed by atoms with Gasteiger partial charge in [0.2, 0.25) is 5.91 Å². The third-order valence-electron chi connectivity index (χ3n) is 12.8. The van der Waals surface area contributed by atoms with Crippen molar-refractivity contribution >= 4 is 11.9 Å². The maximum absolute atomic E-state index is 13.2. The first-order valence-electron chi connectivity index (χ1n) is 28.5. The molecule has 0 aliphatic rings. The summed E-state index contributed by atoms with van der Waals surface area (Å²) in [6, 6.07) is -0.723. The summed E-state index contributed by atoms with van der Waals surface area (Å²) in [4.78, 5) is 26.2. The Morgan fingerprint density at radius 2 is 0.833 bits per heavy atom. The molecule has 3 atom stereocenters. The van der Waals surface area contributed by atoms with Crippen molar-refractivity contribution < 1.29 is 24.5 Å². The number of unbranched alkanes of at least 4 members (excludes halogenated alkanes) is 30. The number of ether oxygens (including phenoxy) is 1. The first kappa shape index (κ1) is 63.6. The zero-order chi connectivity index (χ0) is 48.1. The summed E-state index contributed by atoms with van der Waals surface area (Å²) in [5, 5.41) is 23.9. The highest BCUT2D eigenvalue weighted by atomic mass is 16.5. The zero-order valence-corrected chi connectivity index (χ0v) is 43.8. The second kappa shape index (κ2) is 53.5. The minimum atomic E-state index is -0.805. The molecule has 3 N–H and O–H groups in total. The number of hydrogen-bond donors (Lipinski definition) is 3. The van der Waals surface area contributed by atoms with Gasteiger partial charge in [-0.3, -0.25) is 9.59 Å². The molecule has 3 unspecified atom stereocenters. The summed E-state index contributed by atoms with van der Waals surface area (Å²) in [7, 11) is 0. The monoisotopic (exact) mass is 924 g/mol. The van der Waals surface area contributed by atoms with Crippen molar-refractivity contribution in [3.8, 4) is 0 Å². The second-order valence-electron chi connectivity index (χ2n) is 19.4. The third kappa shape index (κ3) is 48.0. The van der Waals surface area contributed by atoms with Crippen molar-refractivity contribution in [1.82, 2.24) is 5.32 Å². The number of nitrogens with one attached hydrogen (secondary N) is 1. The van der Waals surface area contributed by atoms with Crippen molar-refractivity contribution in [1.29, 1.82) is 0 Å². The van der Waals surface area contributed by atoms with Gasteiger partial charge in [0.1, 0.15) is 6.10 Å². The van der Waals surface area contributed by atoms with Crippen LogP contribution in [-0.4, -0.2) is 46.9 Å². The first-order chi connectivity index (χ1) is 32.5. The van der Waals surface area contributed by atoms with E-state index >= 15 is 0 Å². The molecular weight excluding hydrogens is 815 g/mol. The van der Waals surface area contributed by atoms with E-state index < -0.39 is 18.2 Å². The summed E-state index contributed by atoms with van der Waals surface area (Å²) < 4.78 is 5.92. The Kier molecular flexibility index (Phi) is 51.5. The molecule has 0 aromatic heterocycles. The highest BCUT2D eigenvalue weighted by Crippen LogP contribution is 2.17. The lowest BCUT2D eigenvalue weighted by Crippen LogP contribution is -2.46. The third-order valence-corrected chi connectivity index (χ3v) is 12.8. The van der Waals surface area contributed by atoms with Gasteiger partial charge in [0.25, 0.3) is 0 Å². The van der Waals surface area contributed by atoms with E-state index in [2.05, 4.69) is 86.8 Å². The SMILES string of the molecule is CCCCC/C=C\C/C=C\C/C=C\CCCCCCC(=O)OC(CCC/C=C/C=C/CCCCCCCCC)CC(=O)NC(CO)C(O)CCCCCCCCCCCCCCCCCC. The van der Waals surface area contributed by atoms with Gasteiger partial charge in [-0.2, -0.15) is 0 Å².